The Balaban J connectivity index is 1.30. The third kappa shape index (κ3) is 3.07. The minimum absolute atomic E-state index is 0.869. The van der Waals surface area contributed by atoms with Crippen LogP contribution in [0.2, 0.25) is 0 Å². The Morgan fingerprint density at radius 3 is 3.00 bits per heavy atom. The van der Waals surface area contributed by atoms with Crippen molar-refractivity contribution in [3.8, 4) is 0 Å². The molecule has 1 aliphatic carbocycles. The van der Waals surface area contributed by atoms with Crippen molar-refractivity contribution in [2.75, 3.05) is 26.2 Å². The van der Waals surface area contributed by atoms with Crippen molar-refractivity contribution in [3.05, 3.63) is 18.5 Å². The predicted molar refractivity (Wildman–Crippen MR) is 67.8 cm³/mol. The van der Waals surface area contributed by atoms with Gasteiger partial charge in [0.25, 0.3) is 0 Å². The first-order chi connectivity index (χ1) is 8.42. The Bertz CT molecular complexity index is 331. The first-order valence-corrected chi connectivity index (χ1v) is 6.84. The lowest BCUT2D eigenvalue weighted by molar-refractivity contribution is 0.311. The van der Waals surface area contributed by atoms with Crippen molar-refractivity contribution >= 4 is 0 Å². The van der Waals surface area contributed by atoms with Crippen LogP contribution in [0.5, 0.6) is 0 Å². The molecule has 17 heavy (non-hydrogen) atoms. The summed E-state index contributed by atoms with van der Waals surface area (Å²) in [5, 5.41) is 7.76. The van der Waals surface area contributed by atoms with Gasteiger partial charge in [0.1, 0.15) is 0 Å². The van der Waals surface area contributed by atoms with Crippen LogP contribution in [0, 0.1) is 5.92 Å². The SMILES string of the molecule is c1cnn(CCNCC2CCN(C3CC3)C2)c1. The van der Waals surface area contributed by atoms with E-state index >= 15 is 0 Å². The van der Waals surface area contributed by atoms with E-state index in [1.54, 1.807) is 0 Å². The predicted octanol–water partition coefficient (Wildman–Crippen LogP) is 0.957. The maximum absolute atomic E-state index is 4.20. The molecule has 1 saturated heterocycles. The Hall–Kier alpha value is -0.870. The first kappa shape index (κ1) is 11.2. The molecule has 0 aromatic carbocycles. The van der Waals surface area contributed by atoms with Gasteiger partial charge in [0.15, 0.2) is 0 Å². The Morgan fingerprint density at radius 2 is 2.24 bits per heavy atom. The summed E-state index contributed by atoms with van der Waals surface area (Å²) in [6.45, 7) is 5.83. The topological polar surface area (TPSA) is 33.1 Å². The van der Waals surface area contributed by atoms with Gasteiger partial charge in [0.05, 0.1) is 6.54 Å². The second-order valence-electron chi connectivity index (χ2n) is 5.35. The number of nitrogens with zero attached hydrogens (tertiary/aromatic N) is 3. The molecular weight excluding hydrogens is 212 g/mol. The van der Waals surface area contributed by atoms with Crippen LogP contribution in [-0.4, -0.2) is 46.9 Å². The van der Waals surface area contributed by atoms with Crippen molar-refractivity contribution in [3.63, 3.8) is 0 Å². The second kappa shape index (κ2) is 5.19. The lowest BCUT2D eigenvalue weighted by atomic mass is 10.1. The van der Waals surface area contributed by atoms with Crippen LogP contribution in [0.25, 0.3) is 0 Å². The van der Waals surface area contributed by atoms with E-state index in [-0.39, 0.29) is 0 Å². The van der Waals surface area contributed by atoms with Crippen LogP contribution in [0.4, 0.5) is 0 Å². The molecule has 3 rings (SSSR count). The first-order valence-electron chi connectivity index (χ1n) is 6.84. The van der Waals surface area contributed by atoms with E-state index in [0.29, 0.717) is 0 Å². The normalized spacial score (nSPS) is 25.5. The van der Waals surface area contributed by atoms with Gasteiger partial charge < -0.3 is 10.2 Å². The highest BCUT2D eigenvalue weighted by Gasteiger charge is 2.33. The molecule has 1 aromatic rings. The molecule has 2 fully saturated rings. The minimum Gasteiger partial charge on any atom is -0.315 e. The van der Waals surface area contributed by atoms with E-state index in [4.69, 9.17) is 0 Å². The summed E-state index contributed by atoms with van der Waals surface area (Å²) in [6.07, 6.45) is 8.13. The fraction of sp³-hybridized carbons (Fsp3) is 0.769. The van der Waals surface area contributed by atoms with Gasteiger partial charge in [-0.3, -0.25) is 4.68 Å². The van der Waals surface area contributed by atoms with Gasteiger partial charge in [-0.05, 0) is 44.3 Å². The third-order valence-corrected chi connectivity index (χ3v) is 3.89. The maximum atomic E-state index is 4.20. The summed E-state index contributed by atoms with van der Waals surface area (Å²) in [6, 6.07) is 2.92. The number of hydrogen-bond donors (Lipinski definition) is 1. The molecule has 1 unspecified atom stereocenters. The Morgan fingerprint density at radius 1 is 1.29 bits per heavy atom. The molecule has 0 spiro atoms. The molecule has 1 saturated carbocycles. The molecule has 4 heteroatoms. The van der Waals surface area contributed by atoms with Gasteiger partial charge in [0, 0.05) is 31.5 Å². The van der Waals surface area contributed by atoms with E-state index in [9.17, 15) is 0 Å². The minimum atomic E-state index is 0.869. The van der Waals surface area contributed by atoms with Gasteiger partial charge in [0.2, 0.25) is 0 Å². The quantitative estimate of drug-likeness (QED) is 0.744. The number of nitrogens with one attached hydrogen (secondary N) is 1. The number of hydrogen-bond acceptors (Lipinski definition) is 3. The summed E-state index contributed by atoms with van der Waals surface area (Å²) in [5.74, 6) is 0.869. The number of rotatable bonds is 6. The van der Waals surface area contributed by atoms with Gasteiger partial charge >= 0.3 is 0 Å². The monoisotopic (exact) mass is 234 g/mol. The van der Waals surface area contributed by atoms with Crippen molar-refractivity contribution in [1.29, 1.82) is 0 Å². The lowest BCUT2D eigenvalue weighted by Gasteiger charge is -2.15. The number of likely N-dealkylation sites (tertiary alicyclic amines) is 1. The Kier molecular flexibility index (Phi) is 3.43. The van der Waals surface area contributed by atoms with E-state index in [1.807, 2.05) is 23.1 Å². The fourth-order valence-electron chi connectivity index (χ4n) is 2.73. The molecule has 2 aliphatic rings. The lowest BCUT2D eigenvalue weighted by Crippen LogP contribution is -2.29. The van der Waals surface area contributed by atoms with E-state index in [0.717, 1.165) is 25.0 Å². The van der Waals surface area contributed by atoms with Crippen LogP contribution >= 0.6 is 0 Å². The summed E-state index contributed by atoms with van der Waals surface area (Å²) in [7, 11) is 0. The van der Waals surface area contributed by atoms with Gasteiger partial charge in [-0.2, -0.15) is 5.10 Å². The molecule has 1 N–H and O–H groups in total. The fourth-order valence-corrected chi connectivity index (χ4v) is 2.73. The maximum Gasteiger partial charge on any atom is 0.0533 e. The van der Waals surface area contributed by atoms with Gasteiger partial charge in [-0.25, -0.2) is 0 Å². The van der Waals surface area contributed by atoms with Crippen LogP contribution in [0.15, 0.2) is 18.5 Å². The standard InChI is InChI=1S/C13H22N4/c1-5-15-17(7-1)9-6-14-10-12-4-8-16(11-12)13-2-3-13/h1,5,7,12-14H,2-4,6,8-11H2. The molecule has 0 bridgehead atoms. The van der Waals surface area contributed by atoms with Gasteiger partial charge in [-0.15, -0.1) is 0 Å². The van der Waals surface area contributed by atoms with Crippen LogP contribution in [0.1, 0.15) is 19.3 Å². The molecular formula is C13H22N4. The summed E-state index contributed by atoms with van der Waals surface area (Å²) in [5.41, 5.74) is 0. The smallest absolute Gasteiger partial charge is 0.0533 e. The van der Waals surface area contributed by atoms with Crippen LogP contribution < -0.4 is 5.32 Å². The molecule has 1 atom stereocenters. The van der Waals surface area contributed by atoms with Crippen molar-refractivity contribution < 1.29 is 0 Å². The van der Waals surface area contributed by atoms with E-state index in [1.165, 1.54) is 38.9 Å². The van der Waals surface area contributed by atoms with Crippen molar-refractivity contribution in [2.45, 2.75) is 31.8 Å². The highest BCUT2D eigenvalue weighted by molar-refractivity contribution is 4.89. The molecule has 94 valence electrons. The zero-order chi connectivity index (χ0) is 11.5. The Labute approximate surface area is 103 Å². The zero-order valence-electron chi connectivity index (χ0n) is 10.4. The van der Waals surface area contributed by atoms with Crippen molar-refractivity contribution in [1.82, 2.24) is 20.0 Å². The zero-order valence-corrected chi connectivity index (χ0v) is 10.4. The van der Waals surface area contributed by atoms with Gasteiger partial charge in [-0.1, -0.05) is 0 Å². The molecule has 0 amide bonds. The molecule has 2 heterocycles. The van der Waals surface area contributed by atoms with Crippen LogP contribution in [-0.2, 0) is 6.54 Å². The largest absolute Gasteiger partial charge is 0.315 e. The summed E-state index contributed by atoms with van der Waals surface area (Å²) in [4.78, 5) is 2.68. The third-order valence-electron chi connectivity index (χ3n) is 3.89. The highest BCUT2D eigenvalue weighted by Crippen LogP contribution is 2.31. The molecule has 0 radical (unpaired) electrons. The van der Waals surface area contributed by atoms with Crippen molar-refractivity contribution in [2.24, 2.45) is 5.92 Å². The molecule has 1 aromatic heterocycles. The second-order valence-corrected chi connectivity index (χ2v) is 5.35. The number of aromatic nitrogens is 2. The average Bonchev–Trinajstić information content (AvgIpc) is 2.89. The van der Waals surface area contributed by atoms with E-state index in [2.05, 4.69) is 15.3 Å². The average molecular weight is 234 g/mol. The van der Waals surface area contributed by atoms with E-state index < -0.39 is 0 Å². The molecule has 4 nitrogen and oxygen atoms in total. The van der Waals surface area contributed by atoms with Crippen LogP contribution in [0.3, 0.4) is 0 Å². The highest BCUT2D eigenvalue weighted by atomic mass is 15.3. The molecule has 1 aliphatic heterocycles. The summed E-state index contributed by atoms with van der Waals surface area (Å²) < 4.78 is 1.98. The summed E-state index contributed by atoms with van der Waals surface area (Å²) >= 11 is 0.